The Kier molecular flexibility index (Phi) is 6.91. The second-order valence-electron chi connectivity index (χ2n) is 9.19. The van der Waals surface area contributed by atoms with Crippen molar-refractivity contribution >= 4 is 41.2 Å². The first-order chi connectivity index (χ1) is 17.4. The first-order valence-corrected chi connectivity index (χ1v) is 12.7. The second kappa shape index (κ2) is 10.1. The van der Waals surface area contributed by atoms with E-state index in [9.17, 15) is 9.59 Å². The maximum absolute atomic E-state index is 13.0. The van der Waals surface area contributed by atoms with E-state index in [0.717, 1.165) is 22.6 Å². The molecule has 2 aromatic carbocycles. The summed E-state index contributed by atoms with van der Waals surface area (Å²) in [5.74, 6) is 0.401. The summed E-state index contributed by atoms with van der Waals surface area (Å²) in [6, 6.07) is 8.93. The molecule has 2 aliphatic carbocycles. The van der Waals surface area contributed by atoms with Crippen LogP contribution in [-0.4, -0.2) is 29.6 Å². The van der Waals surface area contributed by atoms with Crippen LogP contribution in [0.15, 0.2) is 60.2 Å². The van der Waals surface area contributed by atoms with E-state index in [0.29, 0.717) is 40.1 Å². The van der Waals surface area contributed by atoms with Crippen LogP contribution in [0.1, 0.15) is 30.0 Å². The molecule has 186 valence electrons. The number of halogens is 2. The molecule has 1 aliphatic heterocycles. The molecule has 0 radical (unpaired) electrons. The highest BCUT2D eigenvalue weighted by Crippen LogP contribution is 2.52. The maximum atomic E-state index is 13.0. The number of nitrogens with zero attached hydrogens (tertiary/aromatic N) is 2. The number of rotatable bonds is 9. The standard InChI is InChI=1S/C28H26Cl2N2O4/c1-3-5-19-10-16(14-31-32-27(33)24-17-6-7-18(12-17)25(24)28(32)34)11-23(35-4-2)26(19)36-15-20-8-9-21(29)13-22(20)30/h3,6-11,13-14,17-18,24-25H,1,4-5,12,15H2,2H3/t17-,18-,24-,25+/m0/s1. The smallest absolute Gasteiger partial charge is 0.254 e. The van der Waals surface area contributed by atoms with Crippen molar-refractivity contribution in [1.29, 1.82) is 0 Å². The maximum Gasteiger partial charge on any atom is 0.254 e. The summed E-state index contributed by atoms with van der Waals surface area (Å²) in [6.45, 7) is 6.39. The third kappa shape index (κ3) is 4.44. The fraction of sp³-hybridized carbons (Fsp3) is 0.321. The van der Waals surface area contributed by atoms with E-state index >= 15 is 0 Å². The zero-order valence-corrected chi connectivity index (χ0v) is 21.3. The van der Waals surface area contributed by atoms with E-state index < -0.39 is 0 Å². The number of hydrogen-bond donors (Lipinski definition) is 0. The Labute approximate surface area is 220 Å². The molecule has 4 atom stereocenters. The summed E-state index contributed by atoms with van der Waals surface area (Å²) in [4.78, 5) is 25.9. The number of ether oxygens (including phenoxy) is 2. The molecule has 0 spiro atoms. The van der Waals surface area contributed by atoms with Crippen LogP contribution in [0.25, 0.3) is 0 Å². The zero-order valence-electron chi connectivity index (χ0n) is 19.8. The van der Waals surface area contributed by atoms with E-state index in [-0.39, 0.29) is 42.1 Å². The Morgan fingerprint density at radius 1 is 1.06 bits per heavy atom. The van der Waals surface area contributed by atoms with Crippen LogP contribution in [0, 0.1) is 23.7 Å². The molecule has 2 amide bonds. The zero-order chi connectivity index (χ0) is 25.4. The number of hydrogen-bond acceptors (Lipinski definition) is 5. The largest absolute Gasteiger partial charge is 0.490 e. The van der Waals surface area contributed by atoms with Crippen molar-refractivity contribution in [2.45, 2.75) is 26.4 Å². The highest BCUT2D eigenvalue weighted by atomic mass is 35.5. The van der Waals surface area contributed by atoms with Crippen molar-refractivity contribution in [1.82, 2.24) is 5.01 Å². The molecule has 5 rings (SSSR count). The molecular weight excluding hydrogens is 499 g/mol. The lowest BCUT2D eigenvalue weighted by molar-refractivity contribution is -0.140. The van der Waals surface area contributed by atoms with Gasteiger partial charge in [-0.3, -0.25) is 9.59 Å². The summed E-state index contributed by atoms with van der Waals surface area (Å²) in [5, 5.41) is 6.42. The Hall–Kier alpha value is -3.09. The first kappa shape index (κ1) is 24.6. The molecule has 2 fully saturated rings. The fourth-order valence-electron chi connectivity index (χ4n) is 5.41. The van der Waals surface area contributed by atoms with E-state index in [1.165, 1.54) is 6.21 Å². The van der Waals surface area contributed by atoms with Crippen molar-refractivity contribution < 1.29 is 19.1 Å². The third-order valence-electron chi connectivity index (χ3n) is 6.97. The monoisotopic (exact) mass is 524 g/mol. The van der Waals surface area contributed by atoms with Gasteiger partial charge in [-0.15, -0.1) is 6.58 Å². The third-order valence-corrected chi connectivity index (χ3v) is 7.56. The minimum absolute atomic E-state index is 0.144. The molecule has 1 saturated carbocycles. The van der Waals surface area contributed by atoms with Gasteiger partial charge in [-0.2, -0.15) is 10.1 Å². The quantitative estimate of drug-likeness (QED) is 0.234. The van der Waals surface area contributed by atoms with Gasteiger partial charge in [0, 0.05) is 21.2 Å². The predicted molar refractivity (Wildman–Crippen MR) is 139 cm³/mol. The summed E-state index contributed by atoms with van der Waals surface area (Å²) in [6.07, 6.45) is 8.83. The van der Waals surface area contributed by atoms with Gasteiger partial charge < -0.3 is 9.47 Å². The molecule has 2 bridgehead atoms. The molecule has 1 heterocycles. The van der Waals surface area contributed by atoms with Crippen LogP contribution >= 0.6 is 23.2 Å². The average Bonchev–Trinajstić information content (AvgIpc) is 3.53. The van der Waals surface area contributed by atoms with E-state index in [1.54, 1.807) is 24.3 Å². The van der Waals surface area contributed by atoms with Crippen molar-refractivity contribution in [2.24, 2.45) is 28.8 Å². The van der Waals surface area contributed by atoms with Crippen molar-refractivity contribution in [3.63, 3.8) is 0 Å². The molecule has 0 unspecified atom stereocenters. The normalized spacial score (nSPS) is 24.1. The van der Waals surface area contributed by atoms with Gasteiger partial charge in [0.25, 0.3) is 11.8 Å². The SMILES string of the molecule is C=CCc1cc(C=NN2C(=O)[C@@H]3[C@H](C2=O)[C@H]2C=C[C@H]3C2)cc(OCC)c1OCc1ccc(Cl)cc1Cl. The van der Waals surface area contributed by atoms with E-state index in [2.05, 4.69) is 23.8 Å². The van der Waals surface area contributed by atoms with Gasteiger partial charge in [0.15, 0.2) is 11.5 Å². The second-order valence-corrected chi connectivity index (χ2v) is 10.0. The summed E-state index contributed by atoms with van der Waals surface area (Å²) in [7, 11) is 0. The predicted octanol–water partition coefficient (Wildman–Crippen LogP) is 5.84. The minimum atomic E-state index is -0.282. The Bertz CT molecular complexity index is 1260. The first-order valence-electron chi connectivity index (χ1n) is 12.0. The van der Waals surface area contributed by atoms with Crippen molar-refractivity contribution in [3.8, 4) is 11.5 Å². The molecule has 6 nitrogen and oxygen atoms in total. The summed E-state index contributed by atoms with van der Waals surface area (Å²) < 4.78 is 12.0. The summed E-state index contributed by atoms with van der Waals surface area (Å²) in [5.41, 5.74) is 2.31. The van der Waals surface area contributed by atoms with Gasteiger partial charge in [-0.25, -0.2) is 0 Å². The lowest BCUT2D eigenvalue weighted by atomic mass is 9.85. The van der Waals surface area contributed by atoms with Crippen LogP contribution in [0.5, 0.6) is 11.5 Å². The van der Waals surface area contributed by atoms with Crippen LogP contribution < -0.4 is 9.47 Å². The molecule has 1 saturated heterocycles. The lowest BCUT2D eigenvalue weighted by Crippen LogP contribution is -2.28. The molecule has 2 aromatic rings. The molecule has 36 heavy (non-hydrogen) atoms. The highest BCUT2D eigenvalue weighted by molar-refractivity contribution is 6.35. The number of fused-ring (bicyclic) bond motifs is 5. The molecular formula is C28H26Cl2N2O4. The number of imide groups is 1. The Morgan fingerprint density at radius 3 is 2.42 bits per heavy atom. The number of amides is 2. The Morgan fingerprint density at radius 2 is 1.78 bits per heavy atom. The van der Waals surface area contributed by atoms with Crippen molar-refractivity contribution in [2.75, 3.05) is 6.61 Å². The van der Waals surface area contributed by atoms with Gasteiger partial charge >= 0.3 is 0 Å². The van der Waals surface area contributed by atoms with Gasteiger partial charge in [-0.1, -0.05) is 47.5 Å². The summed E-state index contributed by atoms with van der Waals surface area (Å²) >= 11 is 12.3. The average molecular weight is 525 g/mol. The van der Waals surface area contributed by atoms with Crippen molar-refractivity contribution in [3.05, 3.63) is 81.9 Å². The van der Waals surface area contributed by atoms with Gasteiger partial charge in [0.05, 0.1) is 24.7 Å². The van der Waals surface area contributed by atoms with Crippen LogP contribution in [0.2, 0.25) is 10.0 Å². The number of carbonyl (C=O) groups is 2. The van der Waals surface area contributed by atoms with Crippen LogP contribution in [0.3, 0.4) is 0 Å². The fourth-order valence-corrected chi connectivity index (χ4v) is 5.87. The van der Waals surface area contributed by atoms with Gasteiger partial charge in [0.2, 0.25) is 0 Å². The molecule has 0 aromatic heterocycles. The number of hydrazone groups is 1. The number of allylic oxidation sites excluding steroid dienone is 3. The molecule has 0 N–H and O–H groups in total. The Balaban J connectivity index is 1.40. The number of carbonyl (C=O) groups excluding carboxylic acids is 2. The topological polar surface area (TPSA) is 68.2 Å². The highest BCUT2D eigenvalue weighted by Gasteiger charge is 2.59. The molecule has 3 aliphatic rings. The number of benzene rings is 2. The minimum Gasteiger partial charge on any atom is -0.490 e. The van der Waals surface area contributed by atoms with E-state index in [4.69, 9.17) is 32.7 Å². The van der Waals surface area contributed by atoms with Gasteiger partial charge in [-0.05, 0) is 61.4 Å². The van der Waals surface area contributed by atoms with Crippen LogP contribution in [0.4, 0.5) is 0 Å². The molecule has 8 heteroatoms. The lowest BCUT2D eigenvalue weighted by Gasteiger charge is -2.17. The van der Waals surface area contributed by atoms with Gasteiger partial charge in [0.1, 0.15) is 6.61 Å². The van der Waals surface area contributed by atoms with E-state index in [1.807, 2.05) is 19.1 Å². The van der Waals surface area contributed by atoms with Crippen LogP contribution in [-0.2, 0) is 22.6 Å².